The first kappa shape index (κ1) is 29.4. The lowest BCUT2D eigenvalue weighted by Crippen LogP contribution is -2.41. The molecule has 0 aromatic heterocycles. The van der Waals surface area contributed by atoms with Crippen LogP contribution in [0.4, 0.5) is 0 Å². The van der Waals surface area contributed by atoms with E-state index in [-0.39, 0.29) is 18.1 Å². The minimum absolute atomic E-state index is 0.0314. The molecule has 7 heteroatoms. The molecule has 3 aliphatic rings. The molecule has 0 saturated carbocycles. The molecule has 1 heterocycles. The molecular formula is C37H37NO6. The van der Waals surface area contributed by atoms with E-state index in [1.165, 1.54) is 0 Å². The number of Topliss-reactive ketones (excluding diaryl/α,β-unsaturated/α-hetero) is 2. The molecule has 0 saturated heterocycles. The Morgan fingerprint density at radius 3 is 2.27 bits per heavy atom. The van der Waals surface area contributed by atoms with Crippen molar-refractivity contribution in [1.82, 2.24) is 4.90 Å². The van der Waals surface area contributed by atoms with Crippen molar-refractivity contribution in [3.05, 3.63) is 106 Å². The number of rotatable bonds is 10. The molecule has 0 bridgehead atoms. The highest BCUT2D eigenvalue weighted by Gasteiger charge is 2.44. The third kappa shape index (κ3) is 5.43. The third-order valence-electron chi connectivity index (χ3n) is 8.78. The van der Waals surface area contributed by atoms with E-state index in [4.69, 9.17) is 9.47 Å². The molecule has 3 aromatic rings. The van der Waals surface area contributed by atoms with Crippen LogP contribution in [0.2, 0.25) is 0 Å². The maximum absolute atomic E-state index is 13.6. The van der Waals surface area contributed by atoms with Crippen LogP contribution in [-0.4, -0.2) is 40.7 Å². The van der Waals surface area contributed by atoms with Gasteiger partial charge >= 0.3 is 5.97 Å². The van der Waals surface area contributed by atoms with Gasteiger partial charge in [0.2, 0.25) is 0 Å². The maximum Gasteiger partial charge on any atom is 0.323 e. The summed E-state index contributed by atoms with van der Waals surface area (Å²) in [5, 5.41) is 12.0. The van der Waals surface area contributed by atoms with Gasteiger partial charge in [-0.05, 0) is 67.0 Å². The van der Waals surface area contributed by atoms with E-state index in [1.807, 2.05) is 43.3 Å². The molecule has 44 heavy (non-hydrogen) atoms. The van der Waals surface area contributed by atoms with E-state index in [9.17, 15) is 19.5 Å². The van der Waals surface area contributed by atoms with Crippen LogP contribution in [0.3, 0.4) is 0 Å². The molecule has 1 aliphatic heterocycles. The summed E-state index contributed by atoms with van der Waals surface area (Å²) in [7, 11) is 0. The van der Waals surface area contributed by atoms with Crippen LogP contribution in [0, 0.1) is 0 Å². The van der Waals surface area contributed by atoms with Crippen LogP contribution < -0.4 is 9.47 Å². The van der Waals surface area contributed by atoms with E-state index >= 15 is 0 Å². The SMILES string of the molecule is C=CCc1cc(C2C3=C(CCCC3=O)N(CC(=O)O)C3=C2C(=O)CCC3)cc(OCC)c1OCc1cccc2ccccc12. The van der Waals surface area contributed by atoms with Gasteiger partial charge in [0.05, 0.1) is 6.61 Å². The summed E-state index contributed by atoms with van der Waals surface area (Å²) in [4.78, 5) is 41.0. The predicted octanol–water partition coefficient (Wildman–Crippen LogP) is 7.04. The van der Waals surface area contributed by atoms with Gasteiger partial charge in [-0.15, -0.1) is 6.58 Å². The summed E-state index contributed by atoms with van der Waals surface area (Å²) in [6.45, 7) is 6.36. The van der Waals surface area contributed by atoms with Crippen molar-refractivity contribution in [1.29, 1.82) is 0 Å². The highest BCUT2D eigenvalue weighted by molar-refractivity contribution is 6.06. The summed E-state index contributed by atoms with van der Waals surface area (Å²) in [6.07, 6.45) is 5.56. The van der Waals surface area contributed by atoms with Gasteiger partial charge in [-0.1, -0.05) is 54.6 Å². The monoisotopic (exact) mass is 591 g/mol. The molecule has 1 N–H and O–H groups in total. The zero-order valence-electron chi connectivity index (χ0n) is 25.1. The number of nitrogens with zero attached hydrogens (tertiary/aromatic N) is 1. The Morgan fingerprint density at radius 2 is 1.61 bits per heavy atom. The summed E-state index contributed by atoms with van der Waals surface area (Å²) in [5.74, 6) is -0.476. The standard InChI is InChI=1S/C37H37NO6/c1-3-10-24-19-26(20-32(43-4-2)37(24)44-22-25-13-7-12-23-11-5-6-14-27(23)25)34-35-28(15-8-17-30(35)39)38(21-33(41)42)29-16-9-18-31(40)36(29)34/h3,5-7,11-14,19-20,34H,1,4,8-10,15-18,21-22H2,2H3,(H,41,42). The number of ketones is 2. The smallest absolute Gasteiger partial charge is 0.323 e. The minimum Gasteiger partial charge on any atom is -0.490 e. The summed E-state index contributed by atoms with van der Waals surface area (Å²) < 4.78 is 12.7. The van der Waals surface area contributed by atoms with Crippen molar-refractivity contribution in [2.45, 2.75) is 64.4 Å². The normalized spacial score (nSPS) is 17.1. The molecule has 7 nitrogen and oxygen atoms in total. The third-order valence-corrected chi connectivity index (χ3v) is 8.78. The van der Waals surface area contributed by atoms with Gasteiger partial charge in [0.15, 0.2) is 23.1 Å². The lowest BCUT2D eigenvalue weighted by molar-refractivity contribution is -0.138. The van der Waals surface area contributed by atoms with Gasteiger partial charge < -0.3 is 19.5 Å². The van der Waals surface area contributed by atoms with Crippen LogP contribution in [0.15, 0.2) is 89.8 Å². The highest BCUT2D eigenvalue weighted by Crippen LogP contribution is 2.50. The fourth-order valence-corrected chi connectivity index (χ4v) is 7.03. The number of hydrogen-bond acceptors (Lipinski definition) is 6. The van der Waals surface area contributed by atoms with Gasteiger partial charge in [-0.3, -0.25) is 14.4 Å². The van der Waals surface area contributed by atoms with Crippen LogP contribution in [-0.2, 0) is 27.4 Å². The number of ether oxygens (including phenoxy) is 2. The van der Waals surface area contributed by atoms with Gasteiger partial charge in [0.25, 0.3) is 0 Å². The molecule has 0 unspecified atom stereocenters. The average Bonchev–Trinajstić information content (AvgIpc) is 3.01. The Hall–Kier alpha value is -4.65. The van der Waals surface area contributed by atoms with Crippen LogP contribution in [0.25, 0.3) is 10.8 Å². The van der Waals surface area contributed by atoms with Crippen molar-refractivity contribution in [2.75, 3.05) is 13.2 Å². The van der Waals surface area contributed by atoms with E-state index in [2.05, 4.69) is 30.8 Å². The van der Waals surface area contributed by atoms with Crippen molar-refractivity contribution < 1.29 is 29.0 Å². The number of allylic oxidation sites excluding steroid dienone is 5. The average molecular weight is 592 g/mol. The topological polar surface area (TPSA) is 93.1 Å². The number of fused-ring (bicyclic) bond motifs is 1. The number of aliphatic carboxylic acids is 1. The summed E-state index contributed by atoms with van der Waals surface area (Å²) in [5.41, 5.74) is 5.25. The zero-order chi connectivity index (χ0) is 30.8. The molecule has 3 aromatic carbocycles. The fraction of sp³-hybridized carbons (Fsp3) is 0.324. The molecule has 6 rings (SSSR count). The highest BCUT2D eigenvalue weighted by atomic mass is 16.5. The number of hydrogen-bond donors (Lipinski definition) is 1. The van der Waals surface area contributed by atoms with Crippen molar-refractivity contribution in [3.63, 3.8) is 0 Å². The van der Waals surface area contributed by atoms with Gasteiger partial charge in [0, 0.05) is 46.9 Å². The molecular weight excluding hydrogens is 554 g/mol. The Morgan fingerprint density at radius 1 is 0.932 bits per heavy atom. The summed E-state index contributed by atoms with van der Waals surface area (Å²) in [6, 6.07) is 18.3. The Bertz CT molecular complexity index is 1680. The fourth-order valence-electron chi connectivity index (χ4n) is 7.03. The van der Waals surface area contributed by atoms with E-state index in [0.29, 0.717) is 80.8 Å². The largest absolute Gasteiger partial charge is 0.490 e. The van der Waals surface area contributed by atoms with Crippen LogP contribution in [0.1, 0.15) is 68.1 Å². The van der Waals surface area contributed by atoms with Gasteiger partial charge in [-0.25, -0.2) is 0 Å². The number of carboxylic acids is 1. The molecule has 0 amide bonds. The first-order chi connectivity index (χ1) is 21.4. The van der Waals surface area contributed by atoms with Gasteiger partial charge in [0.1, 0.15) is 13.2 Å². The van der Waals surface area contributed by atoms with Crippen LogP contribution in [0.5, 0.6) is 11.5 Å². The zero-order valence-corrected chi connectivity index (χ0v) is 25.1. The first-order valence-corrected chi connectivity index (χ1v) is 15.4. The second-order valence-corrected chi connectivity index (χ2v) is 11.5. The van der Waals surface area contributed by atoms with Crippen molar-refractivity contribution in [2.24, 2.45) is 0 Å². The van der Waals surface area contributed by atoms with E-state index in [0.717, 1.165) is 38.9 Å². The molecule has 226 valence electrons. The van der Waals surface area contributed by atoms with Crippen LogP contribution >= 0.6 is 0 Å². The molecule has 0 fully saturated rings. The Balaban J connectivity index is 1.49. The minimum atomic E-state index is -0.988. The first-order valence-electron chi connectivity index (χ1n) is 15.4. The molecule has 0 atom stereocenters. The number of benzene rings is 3. The van der Waals surface area contributed by atoms with E-state index < -0.39 is 11.9 Å². The molecule has 0 spiro atoms. The second-order valence-electron chi connectivity index (χ2n) is 11.5. The lowest BCUT2D eigenvalue weighted by atomic mass is 9.70. The van der Waals surface area contributed by atoms with Gasteiger partial charge in [-0.2, -0.15) is 0 Å². The molecule has 0 radical (unpaired) electrons. The lowest BCUT2D eigenvalue weighted by Gasteiger charge is -2.43. The quantitative estimate of drug-likeness (QED) is 0.253. The van der Waals surface area contributed by atoms with Crippen molar-refractivity contribution in [3.8, 4) is 11.5 Å². The Kier molecular flexibility index (Phi) is 8.38. The maximum atomic E-state index is 13.6. The van der Waals surface area contributed by atoms with Crippen molar-refractivity contribution >= 4 is 28.3 Å². The number of carboxylic acid groups (broad SMARTS) is 1. The summed E-state index contributed by atoms with van der Waals surface area (Å²) >= 11 is 0. The van der Waals surface area contributed by atoms with E-state index in [1.54, 1.807) is 4.90 Å². The number of carbonyl (C=O) groups excluding carboxylic acids is 2. The number of carbonyl (C=O) groups is 3. The molecule has 2 aliphatic carbocycles. The second kappa shape index (κ2) is 12.5. The predicted molar refractivity (Wildman–Crippen MR) is 169 cm³/mol. The Labute approximate surface area is 257 Å².